The van der Waals surface area contributed by atoms with E-state index in [4.69, 9.17) is 16.3 Å². The van der Waals surface area contributed by atoms with Gasteiger partial charge in [-0.1, -0.05) is 24.6 Å². The Morgan fingerprint density at radius 2 is 2.33 bits per heavy atom. The molecule has 0 aliphatic carbocycles. The number of nitrogens with zero attached hydrogens (tertiary/aromatic N) is 1. The molecule has 1 aromatic carbocycles. The van der Waals surface area contributed by atoms with E-state index in [9.17, 15) is 10.1 Å². The number of rotatable bonds is 3. The van der Waals surface area contributed by atoms with Crippen LogP contribution in [0.4, 0.5) is 11.4 Å². The van der Waals surface area contributed by atoms with Crippen LogP contribution in [0.3, 0.4) is 0 Å². The topological polar surface area (TPSA) is 64.4 Å². The number of hydrogen-bond donors (Lipinski definition) is 1. The van der Waals surface area contributed by atoms with Gasteiger partial charge in [-0.3, -0.25) is 10.1 Å². The molecule has 1 N–H and O–H groups in total. The van der Waals surface area contributed by atoms with E-state index >= 15 is 0 Å². The Bertz CT molecular complexity index is 453. The van der Waals surface area contributed by atoms with Crippen molar-refractivity contribution in [3.8, 4) is 0 Å². The molecule has 1 aromatic rings. The zero-order chi connectivity index (χ0) is 13.1. The smallest absolute Gasteiger partial charge is 0.293 e. The van der Waals surface area contributed by atoms with Gasteiger partial charge in [-0.15, -0.1) is 0 Å². The molecule has 0 aromatic heterocycles. The van der Waals surface area contributed by atoms with E-state index in [1.807, 2.05) is 0 Å². The highest BCUT2D eigenvalue weighted by molar-refractivity contribution is 6.33. The molecule has 0 spiro atoms. The number of halogens is 1. The third kappa shape index (κ3) is 2.73. The lowest BCUT2D eigenvalue weighted by Crippen LogP contribution is -2.36. The van der Waals surface area contributed by atoms with Crippen LogP contribution in [0, 0.1) is 16.0 Å². The molecular formula is C12H15ClN2O3. The summed E-state index contributed by atoms with van der Waals surface area (Å²) in [5.74, 6) is 0.301. The first-order valence-corrected chi connectivity index (χ1v) is 6.24. The molecule has 0 amide bonds. The number of hydrogen-bond acceptors (Lipinski definition) is 4. The Labute approximate surface area is 110 Å². The van der Waals surface area contributed by atoms with Crippen LogP contribution >= 0.6 is 11.6 Å². The van der Waals surface area contributed by atoms with Gasteiger partial charge in [0, 0.05) is 18.7 Å². The molecule has 1 heterocycles. The van der Waals surface area contributed by atoms with Crippen LogP contribution < -0.4 is 5.32 Å². The number of nitrogens with one attached hydrogen (secondary N) is 1. The van der Waals surface area contributed by atoms with Crippen LogP contribution in [-0.2, 0) is 4.74 Å². The van der Waals surface area contributed by atoms with Crippen molar-refractivity contribution >= 4 is 23.0 Å². The van der Waals surface area contributed by atoms with Gasteiger partial charge in [0.1, 0.15) is 5.69 Å². The van der Waals surface area contributed by atoms with E-state index in [0.29, 0.717) is 29.8 Å². The predicted octanol–water partition coefficient (Wildman–Crippen LogP) is 3.09. The minimum Gasteiger partial charge on any atom is -0.381 e. The summed E-state index contributed by atoms with van der Waals surface area (Å²) in [6, 6.07) is 4.84. The van der Waals surface area contributed by atoms with Gasteiger partial charge in [-0.2, -0.15) is 0 Å². The second-order valence-electron chi connectivity index (χ2n) is 4.48. The highest BCUT2D eigenvalue weighted by Gasteiger charge is 2.25. The Balaban J connectivity index is 2.24. The van der Waals surface area contributed by atoms with Gasteiger partial charge in [-0.25, -0.2) is 0 Å². The molecule has 1 aliphatic rings. The summed E-state index contributed by atoms with van der Waals surface area (Å²) in [5, 5.41) is 14.6. The molecule has 2 rings (SSSR count). The first kappa shape index (κ1) is 13.1. The van der Waals surface area contributed by atoms with Crippen molar-refractivity contribution in [2.45, 2.75) is 19.4 Å². The lowest BCUT2D eigenvalue weighted by atomic mass is 9.97. The quantitative estimate of drug-likeness (QED) is 0.677. The number of benzene rings is 1. The Morgan fingerprint density at radius 1 is 1.56 bits per heavy atom. The lowest BCUT2D eigenvalue weighted by molar-refractivity contribution is -0.384. The second-order valence-corrected chi connectivity index (χ2v) is 4.89. The Morgan fingerprint density at radius 3 is 3.00 bits per heavy atom. The minimum atomic E-state index is -0.418. The van der Waals surface area contributed by atoms with Crippen molar-refractivity contribution in [3.63, 3.8) is 0 Å². The summed E-state index contributed by atoms with van der Waals surface area (Å²) >= 11 is 6.04. The fraction of sp³-hybridized carbons (Fsp3) is 0.500. The van der Waals surface area contributed by atoms with Gasteiger partial charge in [-0.05, 0) is 18.4 Å². The number of ether oxygens (including phenoxy) is 1. The molecule has 6 heteroatoms. The van der Waals surface area contributed by atoms with Crippen molar-refractivity contribution in [1.29, 1.82) is 0 Å². The lowest BCUT2D eigenvalue weighted by Gasteiger charge is -2.30. The van der Waals surface area contributed by atoms with Crippen LogP contribution in [0.25, 0.3) is 0 Å². The van der Waals surface area contributed by atoms with Gasteiger partial charge in [0.15, 0.2) is 0 Å². The van der Waals surface area contributed by atoms with Crippen LogP contribution in [0.5, 0.6) is 0 Å². The van der Waals surface area contributed by atoms with Crippen LogP contribution in [-0.4, -0.2) is 24.2 Å². The summed E-state index contributed by atoms with van der Waals surface area (Å²) in [5.41, 5.74) is 0.420. The summed E-state index contributed by atoms with van der Waals surface area (Å²) in [6.07, 6.45) is 0.823. The fourth-order valence-corrected chi connectivity index (χ4v) is 2.31. The zero-order valence-electron chi connectivity index (χ0n) is 10.1. The number of nitro groups is 1. The maximum absolute atomic E-state index is 11.0. The molecule has 18 heavy (non-hydrogen) atoms. The molecule has 1 saturated heterocycles. The van der Waals surface area contributed by atoms with Gasteiger partial charge < -0.3 is 10.1 Å². The Kier molecular flexibility index (Phi) is 4.04. The van der Waals surface area contributed by atoms with Crippen LogP contribution in [0.1, 0.15) is 13.3 Å². The van der Waals surface area contributed by atoms with Crippen molar-refractivity contribution in [1.82, 2.24) is 0 Å². The fourth-order valence-electron chi connectivity index (χ4n) is 2.09. The van der Waals surface area contributed by atoms with Gasteiger partial charge in [0.2, 0.25) is 0 Å². The third-order valence-electron chi connectivity index (χ3n) is 3.16. The third-order valence-corrected chi connectivity index (χ3v) is 3.47. The van der Waals surface area contributed by atoms with E-state index in [-0.39, 0.29) is 11.7 Å². The molecule has 1 aliphatic heterocycles. The van der Waals surface area contributed by atoms with E-state index < -0.39 is 4.92 Å². The van der Waals surface area contributed by atoms with Crippen molar-refractivity contribution in [3.05, 3.63) is 33.3 Å². The first-order chi connectivity index (χ1) is 8.59. The van der Waals surface area contributed by atoms with Crippen LogP contribution in [0.2, 0.25) is 5.02 Å². The van der Waals surface area contributed by atoms with E-state index in [1.165, 1.54) is 6.07 Å². The van der Waals surface area contributed by atoms with E-state index in [0.717, 1.165) is 6.42 Å². The summed E-state index contributed by atoms with van der Waals surface area (Å²) in [7, 11) is 0. The maximum atomic E-state index is 11.0. The molecule has 0 saturated carbocycles. The second kappa shape index (κ2) is 5.54. The zero-order valence-corrected chi connectivity index (χ0v) is 10.8. The van der Waals surface area contributed by atoms with Gasteiger partial charge in [0.25, 0.3) is 5.69 Å². The van der Waals surface area contributed by atoms with E-state index in [2.05, 4.69) is 12.2 Å². The molecule has 0 unspecified atom stereocenters. The van der Waals surface area contributed by atoms with Gasteiger partial charge in [0.05, 0.1) is 16.6 Å². The van der Waals surface area contributed by atoms with Crippen molar-refractivity contribution in [2.24, 2.45) is 5.92 Å². The number of nitro benzene ring substituents is 1. The molecule has 5 nitrogen and oxygen atoms in total. The van der Waals surface area contributed by atoms with E-state index in [1.54, 1.807) is 12.1 Å². The predicted molar refractivity (Wildman–Crippen MR) is 70.1 cm³/mol. The number of anilines is 1. The average Bonchev–Trinajstić information content (AvgIpc) is 2.34. The molecule has 0 radical (unpaired) electrons. The summed E-state index contributed by atoms with van der Waals surface area (Å²) < 4.78 is 5.35. The van der Waals surface area contributed by atoms with Crippen molar-refractivity contribution in [2.75, 3.05) is 18.5 Å². The molecule has 0 bridgehead atoms. The normalized spacial score (nSPS) is 23.7. The summed E-state index contributed by atoms with van der Waals surface area (Å²) in [4.78, 5) is 10.6. The minimum absolute atomic E-state index is 0.0150. The first-order valence-electron chi connectivity index (χ1n) is 5.86. The highest BCUT2D eigenvalue weighted by atomic mass is 35.5. The molecule has 1 fully saturated rings. The standard InChI is InChI=1S/C12H15ClN2O3/c1-8-7-18-6-5-10(8)14-12-9(13)3-2-4-11(12)15(16)17/h2-4,8,10,14H,5-7H2,1H3/t8-,10-/m1/s1. The molecular weight excluding hydrogens is 256 g/mol. The number of para-hydroxylation sites is 1. The Hall–Kier alpha value is -1.33. The monoisotopic (exact) mass is 270 g/mol. The SMILES string of the molecule is C[C@@H]1COCC[C@H]1Nc1c(Cl)cccc1[N+](=O)[O-]. The highest BCUT2D eigenvalue weighted by Crippen LogP contribution is 2.34. The molecule has 2 atom stereocenters. The largest absolute Gasteiger partial charge is 0.381 e. The maximum Gasteiger partial charge on any atom is 0.293 e. The summed E-state index contributed by atoms with van der Waals surface area (Å²) in [6.45, 7) is 3.38. The van der Waals surface area contributed by atoms with Crippen molar-refractivity contribution < 1.29 is 9.66 Å². The average molecular weight is 271 g/mol. The molecule has 98 valence electrons. The van der Waals surface area contributed by atoms with Crippen LogP contribution in [0.15, 0.2) is 18.2 Å². The van der Waals surface area contributed by atoms with Gasteiger partial charge >= 0.3 is 0 Å².